The SMILES string of the molecule is CC[C@H](C)[C@H](NC(=O)[C@H](CCC(N)=O)NC(=O)[C@H](CC(C)C)NC(=O)[C@@H](NC(=O)[C@@H](NC(=O)[C@@H](NC(=O)[C@H](CC(C)C)NC(=O)[C@@H]1CCCN1C(=O)CN)[C@@H](C)O)C(C)C)C(C)C)C(=O)O. The minimum Gasteiger partial charge on any atom is -0.480 e. The predicted molar refractivity (Wildman–Crippen MR) is 243 cm³/mol. The number of rotatable bonds is 28. The Labute approximate surface area is 388 Å². The van der Waals surface area contributed by atoms with Crippen molar-refractivity contribution in [1.29, 1.82) is 0 Å². The molecule has 0 aliphatic carbocycles. The molecule has 66 heavy (non-hydrogen) atoms. The first-order valence-electron chi connectivity index (χ1n) is 23.0. The van der Waals surface area contributed by atoms with E-state index in [9.17, 15) is 58.2 Å². The summed E-state index contributed by atoms with van der Waals surface area (Å²) in [5.41, 5.74) is 10.9. The summed E-state index contributed by atoms with van der Waals surface area (Å²) in [6.45, 7) is 18.4. The van der Waals surface area contributed by atoms with E-state index in [4.69, 9.17) is 11.5 Å². The van der Waals surface area contributed by atoms with E-state index in [0.717, 1.165) is 0 Å². The minimum absolute atomic E-state index is 0.0664. The molecule has 0 aromatic heterocycles. The molecule has 1 aliphatic rings. The number of nitrogens with one attached hydrogen (secondary N) is 7. The molecule has 0 saturated carbocycles. The lowest BCUT2D eigenvalue weighted by Crippen LogP contribution is -2.63. The molecule has 0 spiro atoms. The normalized spacial score (nSPS) is 17.9. The van der Waals surface area contributed by atoms with Gasteiger partial charge >= 0.3 is 5.97 Å². The number of carbonyl (C=O) groups is 10. The van der Waals surface area contributed by atoms with Gasteiger partial charge in [0, 0.05) is 13.0 Å². The second-order valence-corrected chi connectivity index (χ2v) is 18.8. The molecule has 1 rings (SSSR count). The van der Waals surface area contributed by atoms with E-state index >= 15 is 0 Å². The predicted octanol–water partition coefficient (Wildman–Crippen LogP) is -1.49. The molecule has 13 N–H and O–H groups in total. The lowest BCUT2D eigenvalue weighted by Gasteiger charge is -2.31. The van der Waals surface area contributed by atoms with E-state index in [-0.39, 0.29) is 44.1 Å². The number of nitrogens with zero attached hydrogens (tertiary/aromatic N) is 1. The van der Waals surface area contributed by atoms with Crippen molar-refractivity contribution in [2.45, 2.75) is 176 Å². The summed E-state index contributed by atoms with van der Waals surface area (Å²) < 4.78 is 0. The minimum atomic E-state index is -1.60. The van der Waals surface area contributed by atoms with Crippen molar-refractivity contribution in [3.63, 3.8) is 0 Å². The Morgan fingerprint density at radius 3 is 1.47 bits per heavy atom. The van der Waals surface area contributed by atoms with Crippen molar-refractivity contribution in [2.24, 2.45) is 41.1 Å². The molecule has 0 aromatic carbocycles. The van der Waals surface area contributed by atoms with Crippen LogP contribution in [0.1, 0.15) is 121 Å². The second kappa shape index (κ2) is 27.9. The topological polar surface area (TPSA) is 351 Å². The summed E-state index contributed by atoms with van der Waals surface area (Å²) in [6.07, 6.45) is -0.497. The van der Waals surface area contributed by atoms with Crippen molar-refractivity contribution in [3.05, 3.63) is 0 Å². The Kier molecular flexibility index (Phi) is 24.8. The lowest BCUT2D eigenvalue weighted by atomic mass is 9.97. The van der Waals surface area contributed by atoms with Gasteiger partial charge in [-0.2, -0.15) is 0 Å². The molecule has 22 nitrogen and oxygen atoms in total. The smallest absolute Gasteiger partial charge is 0.326 e. The van der Waals surface area contributed by atoms with Crippen LogP contribution in [0, 0.1) is 29.6 Å². The maximum Gasteiger partial charge on any atom is 0.326 e. The summed E-state index contributed by atoms with van der Waals surface area (Å²) >= 11 is 0. The van der Waals surface area contributed by atoms with Crippen LogP contribution >= 0.6 is 0 Å². The van der Waals surface area contributed by atoms with Crippen LogP contribution in [0.15, 0.2) is 0 Å². The molecule has 1 heterocycles. The zero-order chi connectivity index (χ0) is 50.7. The van der Waals surface area contributed by atoms with E-state index < -0.39 is 131 Å². The Morgan fingerprint density at radius 2 is 1.03 bits per heavy atom. The van der Waals surface area contributed by atoms with Gasteiger partial charge in [-0.05, 0) is 68.6 Å². The lowest BCUT2D eigenvalue weighted by molar-refractivity contribution is -0.144. The fourth-order valence-corrected chi connectivity index (χ4v) is 7.37. The van der Waals surface area contributed by atoms with Crippen LogP contribution in [0.25, 0.3) is 0 Å². The first kappa shape index (κ1) is 58.6. The number of carbonyl (C=O) groups excluding carboxylic acids is 9. The number of aliphatic hydroxyl groups is 1. The van der Waals surface area contributed by atoms with Crippen molar-refractivity contribution in [3.8, 4) is 0 Å². The van der Waals surface area contributed by atoms with E-state index in [0.29, 0.717) is 25.8 Å². The van der Waals surface area contributed by atoms with Crippen LogP contribution < -0.4 is 48.7 Å². The molecule has 9 amide bonds. The maximum absolute atomic E-state index is 13.9. The van der Waals surface area contributed by atoms with Crippen molar-refractivity contribution in [1.82, 2.24) is 42.1 Å². The molecule has 0 radical (unpaired) electrons. The third-order valence-corrected chi connectivity index (χ3v) is 11.4. The van der Waals surface area contributed by atoms with Gasteiger partial charge in [-0.25, -0.2) is 4.79 Å². The number of hydrogen-bond donors (Lipinski definition) is 11. The molecule has 0 aromatic rings. The summed E-state index contributed by atoms with van der Waals surface area (Å²) in [4.78, 5) is 133. The van der Waals surface area contributed by atoms with Gasteiger partial charge in [0.2, 0.25) is 53.2 Å². The largest absolute Gasteiger partial charge is 0.480 e. The highest BCUT2D eigenvalue weighted by Crippen LogP contribution is 2.19. The van der Waals surface area contributed by atoms with Crippen LogP contribution in [0.4, 0.5) is 0 Å². The van der Waals surface area contributed by atoms with E-state index in [1.165, 1.54) is 11.8 Å². The van der Waals surface area contributed by atoms with Crippen molar-refractivity contribution < 1.29 is 58.2 Å². The van der Waals surface area contributed by atoms with E-state index in [1.54, 1.807) is 55.4 Å². The Hall–Kier alpha value is -5.38. The molecule has 376 valence electrons. The molecular formula is C44H78N10O12. The van der Waals surface area contributed by atoms with Gasteiger partial charge in [-0.3, -0.25) is 43.2 Å². The number of nitrogens with two attached hydrogens (primary N) is 2. The Morgan fingerprint density at radius 1 is 0.606 bits per heavy atom. The maximum atomic E-state index is 13.9. The zero-order valence-corrected chi connectivity index (χ0v) is 40.5. The second-order valence-electron chi connectivity index (χ2n) is 18.8. The van der Waals surface area contributed by atoms with Crippen molar-refractivity contribution in [2.75, 3.05) is 13.1 Å². The van der Waals surface area contributed by atoms with Gasteiger partial charge in [0.15, 0.2) is 0 Å². The number of primary amides is 1. The number of carboxylic acids is 1. The van der Waals surface area contributed by atoms with Crippen LogP contribution in [0.3, 0.4) is 0 Å². The van der Waals surface area contributed by atoms with Crippen LogP contribution in [-0.4, -0.2) is 142 Å². The fourth-order valence-electron chi connectivity index (χ4n) is 7.37. The number of aliphatic carboxylic acids is 1. The monoisotopic (exact) mass is 939 g/mol. The van der Waals surface area contributed by atoms with Crippen LogP contribution in [-0.2, 0) is 47.9 Å². The van der Waals surface area contributed by atoms with Crippen LogP contribution in [0.5, 0.6) is 0 Å². The van der Waals surface area contributed by atoms with Gasteiger partial charge in [-0.1, -0.05) is 75.7 Å². The molecular weight excluding hydrogens is 861 g/mol. The van der Waals surface area contributed by atoms with Crippen molar-refractivity contribution >= 4 is 59.1 Å². The third kappa shape index (κ3) is 18.8. The molecule has 1 aliphatic heterocycles. The Balaban J connectivity index is 3.30. The Bertz CT molecular complexity index is 1710. The third-order valence-electron chi connectivity index (χ3n) is 11.4. The number of aliphatic hydroxyl groups excluding tert-OH is 1. The van der Waals surface area contributed by atoms with Crippen LogP contribution in [0.2, 0.25) is 0 Å². The number of hydrogen-bond acceptors (Lipinski definition) is 12. The average molecular weight is 939 g/mol. The molecule has 1 saturated heterocycles. The van der Waals surface area contributed by atoms with E-state index in [2.05, 4.69) is 37.2 Å². The quantitative estimate of drug-likeness (QED) is 0.0427. The average Bonchev–Trinajstić information content (AvgIpc) is 3.72. The molecule has 10 atom stereocenters. The van der Waals surface area contributed by atoms with Gasteiger partial charge in [0.25, 0.3) is 0 Å². The molecule has 1 fully saturated rings. The highest BCUT2D eigenvalue weighted by Gasteiger charge is 2.39. The van der Waals surface area contributed by atoms with E-state index in [1.807, 2.05) is 13.8 Å². The fraction of sp³-hybridized carbons (Fsp3) is 0.773. The number of likely N-dealkylation sites (tertiary alicyclic amines) is 1. The highest BCUT2D eigenvalue weighted by atomic mass is 16.4. The molecule has 0 bridgehead atoms. The zero-order valence-electron chi connectivity index (χ0n) is 40.5. The standard InChI is InChI=1S/C44H78N10O12/c1-12-25(10)35(44(65)66)52-37(58)27(15-16-31(46)56)47-38(59)28(18-21(2)3)49-41(62)33(23(6)7)50-42(63)34(24(8)9)51-43(64)36(26(11)55)53-39(60)29(19-22(4)5)48-40(61)30-14-13-17-54(30)32(57)20-45/h21-30,33-36,55H,12-20,45H2,1-11H3,(H2,46,56)(H,47,59)(H,48,61)(H,49,62)(H,50,63)(H,51,64)(H,52,58)(H,53,60)(H,65,66)/t25-,26+,27-,28-,29-,30-,33-,34-,35-,36-/m0/s1. The van der Waals surface area contributed by atoms with Gasteiger partial charge in [0.1, 0.15) is 48.3 Å². The number of amides is 9. The molecule has 0 unspecified atom stereocenters. The first-order chi connectivity index (χ1) is 30.7. The summed E-state index contributed by atoms with van der Waals surface area (Å²) in [5.74, 6) is -9.97. The summed E-state index contributed by atoms with van der Waals surface area (Å²) in [7, 11) is 0. The highest BCUT2D eigenvalue weighted by molar-refractivity contribution is 5.98. The summed E-state index contributed by atoms with van der Waals surface area (Å²) in [5, 5.41) is 38.5. The summed E-state index contributed by atoms with van der Waals surface area (Å²) in [6, 6.07) is -10.1. The van der Waals surface area contributed by atoms with Gasteiger partial charge < -0.3 is 63.8 Å². The van der Waals surface area contributed by atoms with Gasteiger partial charge in [-0.15, -0.1) is 0 Å². The molecule has 22 heteroatoms. The van der Waals surface area contributed by atoms with Gasteiger partial charge in [0.05, 0.1) is 12.6 Å². The number of carboxylic acid groups (broad SMARTS) is 1. The first-order valence-corrected chi connectivity index (χ1v) is 23.0.